The number of nitrogens with one attached hydrogen (secondary N) is 1. The molecule has 0 bridgehead atoms. The minimum Gasteiger partial charge on any atom is -0.497 e. The molecule has 1 N–H and O–H groups in total. The second-order valence-electron chi connectivity index (χ2n) is 11.8. The SMILES string of the molecule is COc1ccc(CNc2cnnc3cc(-c4cc(Cl)ccc4OC[C@@H]4CC(F)(F)CN4C(=O)OC(C)(C)C)ccc23)c(OC)c1. The van der Waals surface area contributed by atoms with Crippen molar-refractivity contribution in [2.24, 2.45) is 0 Å². The number of methoxy groups -OCH3 is 2. The molecule has 4 aromatic rings. The van der Waals surface area contributed by atoms with Gasteiger partial charge in [0, 0.05) is 40.6 Å². The Morgan fingerprint density at radius 2 is 1.87 bits per heavy atom. The van der Waals surface area contributed by atoms with Crippen LogP contribution in [0.15, 0.2) is 60.8 Å². The summed E-state index contributed by atoms with van der Waals surface area (Å²) in [6, 6.07) is 15.5. The molecule has 45 heavy (non-hydrogen) atoms. The average Bonchev–Trinajstić information content (AvgIpc) is 3.32. The molecule has 0 saturated carbocycles. The van der Waals surface area contributed by atoms with Crippen LogP contribution in [-0.4, -0.2) is 66.1 Å². The Hall–Kier alpha value is -4.38. The molecular weight excluding hydrogens is 606 g/mol. The zero-order valence-electron chi connectivity index (χ0n) is 25.7. The van der Waals surface area contributed by atoms with Crippen LogP contribution in [0, 0.1) is 0 Å². The number of ether oxygens (including phenoxy) is 4. The molecule has 9 nitrogen and oxygen atoms in total. The van der Waals surface area contributed by atoms with Crippen molar-refractivity contribution in [3.8, 4) is 28.4 Å². The number of rotatable bonds is 9. The lowest BCUT2D eigenvalue weighted by molar-refractivity contribution is -0.00274. The highest BCUT2D eigenvalue weighted by Gasteiger charge is 2.48. The molecule has 3 aromatic carbocycles. The summed E-state index contributed by atoms with van der Waals surface area (Å²) in [5, 5.41) is 13.2. The minimum absolute atomic E-state index is 0.153. The molecule has 1 aromatic heterocycles. The highest BCUT2D eigenvalue weighted by Crippen LogP contribution is 2.37. The second-order valence-corrected chi connectivity index (χ2v) is 12.2. The van der Waals surface area contributed by atoms with Gasteiger partial charge in [0.15, 0.2) is 0 Å². The molecule has 0 unspecified atom stereocenters. The van der Waals surface area contributed by atoms with E-state index in [1.54, 1.807) is 59.4 Å². The molecule has 1 aliphatic rings. The Kier molecular flexibility index (Phi) is 9.20. The summed E-state index contributed by atoms with van der Waals surface area (Å²) in [5.41, 5.74) is 2.89. The number of carbonyl (C=O) groups is 1. The predicted octanol–water partition coefficient (Wildman–Crippen LogP) is 7.60. The van der Waals surface area contributed by atoms with Gasteiger partial charge in [0.2, 0.25) is 0 Å². The molecule has 1 saturated heterocycles. The lowest BCUT2D eigenvalue weighted by Gasteiger charge is -2.28. The number of halogens is 3. The quantitative estimate of drug-likeness (QED) is 0.200. The number of amides is 1. The first-order valence-electron chi connectivity index (χ1n) is 14.4. The van der Waals surface area contributed by atoms with E-state index in [-0.39, 0.29) is 6.61 Å². The summed E-state index contributed by atoms with van der Waals surface area (Å²) in [5.74, 6) is -1.23. The van der Waals surface area contributed by atoms with Crippen LogP contribution in [0.2, 0.25) is 5.02 Å². The monoisotopic (exact) mass is 640 g/mol. The summed E-state index contributed by atoms with van der Waals surface area (Å²) >= 11 is 6.36. The fourth-order valence-corrected chi connectivity index (χ4v) is 5.35. The predicted molar refractivity (Wildman–Crippen MR) is 169 cm³/mol. The zero-order valence-corrected chi connectivity index (χ0v) is 26.5. The van der Waals surface area contributed by atoms with Gasteiger partial charge in [0.05, 0.1) is 44.2 Å². The van der Waals surface area contributed by atoms with Gasteiger partial charge < -0.3 is 24.3 Å². The van der Waals surface area contributed by atoms with Gasteiger partial charge in [-0.15, -0.1) is 0 Å². The van der Waals surface area contributed by atoms with Crippen molar-refractivity contribution in [2.45, 2.75) is 51.3 Å². The Bertz CT molecular complexity index is 1700. The van der Waals surface area contributed by atoms with Crippen LogP contribution < -0.4 is 19.5 Å². The van der Waals surface area contributed by atoms with Crippen molar-refractivity contribution in [1.82, 2.24) is 15.1 Å². The summed E-state index contributed by atoms with van der Waals surface area (Å²) in [4.78, 5) is 13.8. The number of hydrogen-bond acceptors (Lipinski definition) is 8. The Balaban J connectivity index is 1.37. The third kappa shape index (κ3) is 7.65. The third-order valence-corrected chi connectivity index (χ3v) is 7.53. The van der Waals surface area contributed by atoms with E-state index in [0.29, 0.717) is 39.9 Å². The maximum Gasteiger partial charge on any atom is 0.410 e. The molecule has 0 aliphatic carbocycles. The van der Waals surface area contributed by atoms with Crippen LogP contribution in [0.1, 0.15) is 32.8 Å². The summed E-state index contributed by atoms with van der Waals surface area (Å²) in [6.07, 6.45) is 0.325. The Morgan fingerprint density at radius 3 is 2.60 bits per heavy atom. The molecule has 5 rings (SSSR count). The average molecular weight is 641 g/mol. The summed E-state index contributed by atoms with van der Waals surface area (Å²) in [7, 11) is 3.21. The minimum atomic E-state index is -3.05. The van der Waals surface area contributed by atoms with E-state index in [0.717, 1.165) is 27.1 Å². The van der Waals surface area contributed by atoms with Crippen LogP contribution >= 0.6 is 11.6 Å². The number of hydrogen-bond donors (Lipinski definition) is 1. The van der Waals surface area contributed by atoms with Crippen molar-refractivity contribution in [2.75, 3.05) is 32.7 Å². The lowest BCUT2D eigenvalue weighted by atomic mass is 10.0. The smallest absolute Gasteiger partial charge is 0.410 e. The standard InChI is InChI=1S/C33H35ClF2N4O5/c1-32(2,3)45-31(41)40-19-33(35,36)15-23(40)18-44-29-11-8-22(34)13-26(29)20-7-10-25-27(12-20)39-38-17-28(25)37-16-21-6-9-24(42-4)14-30(21)43-5/h6-14,17,23H,15-16,18-19H2,1-5H3,(H,37,39)/t23-/m0/s1. The first kappa shape index (κ1) is 32.0. The molecule has 1 fully saturated rings. The highest BCUT2D eigenvalue weighted by atomic mass is 35.5. The first-order chi connectivity index (χ1) is 21.4. The van der Waals surface area contributed by atoms with E-state index in [4.69, 9.17) is 30.5 Å². The topological polar surface area (TPSA) is 95.0 Å². The van der Waals surface area contributed by atoms with Crippen molar-refractivity contribution in [3.05, 3.63) is 71.4 Å². The van der Waals surface area contributed by atoms with Crippen molar-refractivity contribution in [1.29, 1.82) is 0 Å². The van der Waals surface area contributed by atoms with Crippen LogP contribution in [0.5, 0.6) is 17.2 Å². The molecule has 0 spiro atoms. The van der Waals surface area contributed by atoms with Gasteiger partial charge in [-0.1, -0.05) is 17.7 Å². The molecule has 1 atom stereocenters. The van der Waals surface area contributed by atoms with Gasteiger partial charge in [0.1, 0.15) is 29.5 Å². The molecule has 1 aliphatic heterocycles. The normalized spacial score (nSPS) is 16.0. The van der Waals surface area contributed by atoms with E-state index >= 15 is 0 Å². The van der Waals surface area contributed by atoms with Gasteiger partial charge in [-0.05, 0) is 68.8 Å². The van der Waals surface area contributed by atoms with Gasteiger partial charge in [-0.25, -0.2) is 13.6 Å². The Labute approximate surface area is 265 Å². The number of anilines is 1. The van der Waals surface area contributed by atoms with Gasteiger partial charge >= 0.3 is 6.09 Å². The van der Waals surface area contributed by atoms with E-state index in [1.807, 2.05) is 36.4 Å². The summed E-state index contributed by atoms with van der Waals surface area (Å²) in [6.45, 7) is 4.66. The molecule has 238 valence electrons. The number of aromatic nitrogens is 2. The summed E-state index contributed by atoms with van der Waals surface area (Å²) < 4.78 is 51.1. The lowest BCUT2D eigenvalue weighted by Crippen LogP contribution is -2.42. The molecule has 12 heteroatoms. The largest absolute Gasteiger partial charge is 0.497 e. The number of likely N-dealkylation sites (tertiary alicyclic amines) is 1. The van der Waals surface area contributed by atoms with E-state index in [1.165, 1.54) is 0 Å². The van der Waals surface area contributed by atoms with Crippen molar-refractivity contribution < 1.29 is 32.5 Å². The van der Waals surface area contributed by atoms with Crippen molar-refractivity contribution >= 4 is 34.3 Å². The number of alkyl halides is 2. The fraction of sp³-hybridized carbons (Fsp3) is 0.364. The zero-order chi connectivity index (χ0) is 32.4. The molecule has 2 heterocycles. The van der Waals surface area contributed by atoms with Gasteiger partial charge in [-0.3, -0.25) is 4.90 Å². The van der Waals surface area contributed by atoms with Crippen LogP contribution in [0.4, 0.5) is 19.3 Å². The fourth-order valence-electron chi connectivity index (χ4n) is 5.18. The van der Waals surface area contributed by atoms with E-state index in [9.17, 15) is 13.6 Å². The maximum atomic E-state index is 14.4. The van der Waals surface area contributed by atoms with Gasteiger partial charge in [-0.2, -0.15) is 10.2 Å². The van der Waals surface area contributed by atoms with Crippen LogP contribution in [0.3, 0.4) is 0 Å². The number of carbonyl (C=O) groups excluding carboxylic acids is 1. The molecular formula is C33H35ClF2N4O5. The first-order valence-corrected chi connectivity index (χ1v) is 14.7. The Morgan fingerprint density at radius 1 is 1.07 bits per heavy atom. The number of nitrogens with zero attached hydrogens (tertiary/aromatic N) is 3. The number of fused-ring (bicyclic) bond motifs is 1. The maximum absolute atomic E-state index is 14.4. The van der Waals surface area contributed by atoms with Crippen LogP contribution in [-0.2, 0) is 11.3 Å². The van der Waals surface area contributed by atoms with Gasteiger partial charge in [0.25, 0.3) is 5.92 Å². The highest BCUT2D eigenvalue weighted by molar-refractivity contribution is 6.31. The molecule has 1 amide bonds. The second kappa shape index (κ2) is 12.9. The number of benzene rings is 3. The van der Waals surface area contributed by atoms with E-state index in [2.05, 4.69) is 15.5 Å². The van der Waals surface area contributed by atoms with Crippen molar-refractivity contribution in [3.63, 3.8) is 0 Å². The van der Waals surface area contributed by atoms with E-state index < -0.39 is 36.6 Å². The molecule has 0 radical (unpaired) electrons. The third-order valence-electron chi connectivity index (χ3n) is 7.29. The van der Waals surface area contributed by atoms with Crippen LogP contribution in [0.25, 0.3) is 22.0 Å².